The molecular weight excluding hydrogens is 330 g/mol. The minimum absolute atomic E-state index is 0.252. The van der Waals surface area contributed by atoms with Crippen LogP contribution in [0.15, 0.2) is 48.8 Å². The number of benzene rings is 1. The Labute approximate surface area is 153 Å². The highest BCUT2D eigenvalue weighted by Gasteiger charge is 2.38. The van der Waals surface area contributed by atoms with E-state index in [1.807, 2.05) is 51.1 Å². The van der Waals surface area contributed by atoms with Gasteiger partial charge >= 0.3 is 5.97 Å². The largest absolute Gasteiger partial charge is 0.459 e. The molecule has 0 aliphatic carbocycles. The fraction of sp³-hybridized carbons (Fsp3) is 0.350. The fourth-order valence-corrected chi connectivity index (χ4v) is 2.78. The van der Waals surface area contributed by atoms with Crippen LogP contribution in [0.4, 0.5) is 0 Å². The zero-order valence-electron chi connectivity index (χ0n) is 15.2. The quantitative estimate of drug-likeness (QED) is 0.856. The molecule has 0 bridgehead atoms. The Morgan fingerprint density at radius 3 is 2.58 bits per heavy atom. The summed E-state index contributed by atoms with van der Waals surface area (Å²) in [5.74, 6) is -0.567. The van der Waals surface area contributed by atoms with E-state index in [0.29, 0.717) is 18.5 Å². The molecule has 136 valence electrons. The third-order valence-electron chi connectivity index (χ3n) is 4.09. The molecule has 1 atom stereocenters. The molecule has 1 unspecified atom stereocenters. The molecule has 0 saturated carbocycles. The van der Waals surface area contributed by atoms with Crippen LogP contribution in [0.2, 0.25) is 0 Å². The van der Waals surface area contributed by atoms with Gasteiger partial charge in [0.2, 0.25) is 0 Å². The van der Waals surface area contributed by atoms with Crippen molar-refractivity contribution in [3.63, 3.8) is 0 Å². The van der Waals surface area contributed by atoms with Crippen molar-refractivity contribution >= 4 is 11.9 Å². The SMILES string of the molecule is CC(C)(C)OC(=O)C1CCN1NC(=O)c1ccccc1-c1cccnc1. The van der Waals surface area contributed by atoms with E-state index in [4.69, 9.17) is 4.74 Å². The van der Waals surface area contributed by atoms with E-state index in [-0.39, 0.29) is 11.9 Å². The molecule has 1 aliphatic rings. The van der Waals surface area contributed by atoms with Gasteiger partial charge in [-0.05, 0) is 44.9 Å². The molecular formula is C20H23N3O3. The Morgan fingerprint density at radius 1 is 1.19 bits per heavy atom. The zero-order valence-corrected chi connectivity index (χ0v) is 15.2. The van der Waals surface area contributed by atoms with Crippen molar-refractivity contribution in [2.45, 2.75) is 38.8 Å². The molecule has 2 aromatic rings. The molecule has 1 aromatic heterocycles. The highest BCUT2D eigenvalue weighted by Crippen LogP contribution is 2.24. The predicted octanol–water partition coefficient (Wildman–Crippen LogP) is 2.81. The third kappa shape index (κ3) is 4.08. The maximum atomic E-state index is 12.8. The van der Waals surface area contributed by atoms with Gasteiger partial charge in [-0.25, -0.2) is 5.01 Å². The summed E-state index contributed by atoms with van der Waals surface area (Å²) in [5.41, 5.74) is 4.49. The van der Waals surface area contributed by atoms with Crippen LogP contribution in [-0.2, 0) is 9.53 Å². The summed E-state index contributed by atoms with van der Waals surface area (Å²) < 4.78 is 5.41. The number of ether oxygens (including phenoxy) is 1. The van der Waals surface area contributed by atoms with Gasteiger partial charge in [-0.1, -0.05) is 24.3 Å². The van der Waals surface area contributed by atoms with Gasteiger partial charge in [0.05, 0.1) is 0 Å². The van der Waals surface area contributed by atoms with Crippen LogP contribution in [-0.4, -0.2) is 40.1 Å². The average Bonchev–Trinajstić information content (AvgIpc) is 2.57. The van der Waals surface area contributed by atoms with Crippen LogP contribution in [0, 0.1) is 0 Å². The van der Waals surface area contributed by atoms with Crippen molar-refractivity contribution in [2.24, 2.45) is 0 Å². The Kier molecular flexibility index (Phi) is 5.04. The van der Waals surface area contributed by atoms with E-state index < -0.39 is 11.6 Å². The van der Waals surface area contributed by atoms with Gasteiger partial charge in [-0.3, -0.25) is 20.0 Å². The first-order valence-corrected chi connectivity index (χ1v) is 8.65. The van der Waals surface area contributed by atoms with Gasteiger partial charge in [0.15, 0.2) is 0 Å². The second kappa shape index (κ2) is 7.25. The van der Waals surface area contributed by atoms with Gasteiger partial charge in [0, 0.05) is 30.1 Å². The number of nitrogens with zero attached hydrogens (tertiary/aromatic N) is 2. The monoisotopic (exact) mass is 353 g/mol. The smallest absolute Gasteiger partial charge is 0.325 e. The van der Waals surface area contributed by atoms with E-state index in [2.05, 4.69) is 10.4 Å². The second-order valence-corrected chi connectivity index (χ2v) is 7.26. The lowest BCUT2D eigenvalue weighted by Gasteiger charge is -2.40. The van der Waals surface area contributed by atoms with E-state index in [1.165, 1.54) is 0 Å². The minimum atomic E-state index is -0.546. The van der Waals surface area contributed by atoms with Gasteiger partial charge in [0.1, 0.15) is 11.6 Å². The lowest BCUT2D eigenvalue weighted by Crippen LogP contribution is -2.61. The molecule has 1 saturated heterocycles. The van der Waals surface area contributed by atoms with Gasteiger partial charge in [-0.15, -0.1) is 0 Å². The molecule has 3 rings (SSSR count). The van der Waals surface area contributed by atoms with Gasteiger partial charge in [0.25, 0.3) is 5.91 Å². The average molecular weight is 353 g/mol. The summed E-state index contributed by atoms with van der Waals surface area (Å²) in [7, 11) is 0. The van der Waals surface area contributed by atoms with Crippen molar-refractivity contribution in [2.75, 3.05) is 6.54 Å². The standard InChI is InChI=1S/C20H23N3O3/c1-20(2,3)26-19(25)17-10-12-23(17)22-18(24)16-9-5-4-8-15(16)14-7-6-11-21-13-14/h4-9,11,13,17H,10,12H2,1-3H3,(H,22,24). The van der Waals surface area contributed by atoms with Crippen LogP contribution in [0.5, 0.6) is 0 Å². The Balaban J connectivity index is 1.73. The molecule has 1 aromatic carbocycles. The number of hydrazine groups is 1. The molecule has 1 fully saturated rings. The first kappa shape index (κ1) is 18.1. The first-order valence-electron chi connectivity index (χ1n) is 8.65. The summed E-state index contributed by atoms with van der Waals surface area (Å²) in [6, 6.07) is 10.6. The lowest BCUT2D eigenvalue weighted by atomic mass is 10.0. The van der Waals surface area contributed by atoms with E-state index >= 15 is 0 Å². The molecule has 1 N–H and O–H groups in total. The molecule has 2 heterocycles. The van der Waals surface area contributed by atoms with E-state index in [0.717, 1.165) is 11.1 Å². The topological polar surface area (TPSA) is 71.5 Å². The summed E-state index contributed by atoms with van der Waals surface area (Å²) in [5, 5.41) is 1.64. The molecule has 1 aliphatic heterocycles. The normalized spacial score (nSPS) is 17.3. The van der Waals surface area contributed by atoms with Crippen LogP contribution in [0.25, 0.3) is 11.1 Å². The lowest BCUT2D eigenvalue weighted by molar-refractivity contribution is -0.168. The fourth-order valence-electron chi connectivity index (χ4n) is 2.78. The van der Waals surface area contributed by atoms with Crippen molar-refractivity contribution in [3.8, 4) is 11.1 Å². The van der Waals surface area contributed by atoms with Crippen molar-refractivity contribution in [1.29, 1.82) is 0 Å². The maximum absolute atomic E-state index is 12.8. The molecule has 1 amide bonds. The van der Waals surface area contributed by atoms with Gasteiger partial charge < -0.3 is 4.74 Å². The van der Waals surface area contributed by atoms with Crippen molar-refractivity contribution < 1.29 is 14.3 Å². The first-order chi connectivity index (χ1) is 12.3. The number of carbonyl (C=O) groups excluding carboxylic acids is 2. The van der Waals surface area contributed by atoms with Crippen LogP contribution >= 0.6 is 0 Å². The Bertz CT molecular complexity index is 799. The number of rotatable bonds is 4. The summed E-state index contributed by atoms with van der Waals surface area (Å²) in [6.45, 7) is 6.11. The number of carbonyl (C=O) groups is 2. The highest BCUT2D eigenvalue weighted by atomic mass is 16.6. The number of hydrogen-bond acceptors (Lipinski definition) is 5. The van der Waals surface area contributed by atoms with Crippen molar-refractivity contribution in [3.05, 3.63) is 54.4 Å². The number of esters is 1. The molecule has 0 radical (unpaired) electrons. The summed E-state index contributed by atoms with van der Waals surface area (Å²) in [6.07, 6.45) is 4.08. The number of amides is 1. The number of aromatic nitrogens is 1. The molecule has 0 spiro atoms. The number of hydrogen-bond donors (Lipinski definition) is 1. The number of nitrogens with one attached hydrogen (secondary N) is 1. The van der Waals surface area contributed by atoms with E-state index in [1.54, 1.807) is 23.5 Å². The van der Waals surface area contributed by atoms with Crippen molar-refractivity contribution in [1.82, 2.24) is 15.4 Å². The highest BCUT2D eigenvalue weighted by molar-refractivity contribution is 6.00. The van der Waals surface area contributed by atoms with E-state index in [9.17, 15) is 9.59 Å². The maximum Gasteiger partial charge on any atom is 0.325 e. The minimum Gasteiger partial charge on any atom is -0.459 e. The molecule has 6 heteroatoms. The Hall–Kier alpha value is -2.73. The third-order valence-corrected chi connectivity index (χ3v) is 4.09. The number of pyridine rings is 1. The summed E-state index contributed by atoms with van der Waals surface area (Å²) >= 11 is 0. The second-order valence-electron chi connectivity index (χ2n) is 7.26. The Morgan fingerprint density at radius 2 is 1.96 bits per heavy atom. The van der Waals surface area contributed by atoms with Crippen LogP contribution in [0.3, 0.4) is 0 Å². The summed E-state index contributed by atoms with van der Waals surface area (Å²) in [4.78, 5) is 29.1. The molecule has 6 nitrogen and oxygen atoms in total. The van der Waals surface area contributed by atoms with Crippen LogP contribution < -0.4 is 5.43 Å². The zero-order chi connectivity index (χ0) is 18.7. The molecule has 26 heavy (non-hydrogen) atoms. The van der Waals surface area contributed by atoms with Crippen LogP contribution in [0.1, 0.15) is 37.6 Å². The van der Waals surface area contributed by atoms with Gasteiger partial charge in [-0.2, -0.15) is 0 Å². The predicted molar refractivity (Wildman–Crippen MR) is 98.1 cm³/mol.